The summed E-state index contributed by atoms with van der Waals surface area (Å²) >= 11 is 0. The summed E-state index contributed by atoms with van der Waals surface area (Å²) in [4.78, 5) is 0. The Kier molecular flexibility index (Phi) is 4.16. The lowest BCUT2D eigenvalue weighted by atomic mass is 10.1. The number of rotatable bonds is 2. The zero-order chi connectivity index (χ0) is 22.6. The van der Waals surface area contributed by atoms with E-state index in [4.69, 9.17) is 0 Å². The lowest BCUT2D eigenvalue weighted by Crippen LogP contribution is -1.97. The first-order chi connectivity index (χ1) is 16.8. The molecule has 0 radical (unpaired) electrons. The van der Waals surface area contributed by atoms with Crippen molar-refractivity contribution in [1.82, 2.24) is 9.13 Å². The molecule has 1 aliphatic carbocycles. The van der Waals surface area contributed by atoms with Crippen LogP contribution >= 0.6 is 0 Å². The average Bonchev–Trinajstić information content (AvgIpc) is 3.30. The zero-order valence-corrected chi connectivity index (χ0v) is 19.1. The molecule has 0 atom stereocenters. The van der Waals surface area contributed by atoms with E-state index in [1.54, 1.807) is 0 Å². The van der Waals surface area contributed by atoms with E-state index in [1.165, 1.54) is 60.6 Å². The second kappa shape index (κ2) is 7.36. The fourth-order valence-electron chi connectivity index (χ4n) is 5.60. The largest absolute Gasteiger partial charge is 0.312 e. The van der Waals surface area contributed by atoms with E-state index in [2.05, 4.69) is 131 Å². The van der Waals surface area contributed by atoms with E-state index in [9.17, 15) is 0 Å². The monoisotopic (exact) mass is 436 g/mol. The molecule has 0 spiro atoms. The van der Waals surface area contributed by atoms with E-state index in [0.717, 1.165) is 6.42 Å². The number of nitrogens with zero attached hydrogens (tertiary/aromatic N) is 2. The Morgan fingerprint density at radius 3 is 2.15 bits per heavy atom. The highest BCUT2D eigenvalue weighted by atomic mass is 15.0. The molecule has 162 valence electrons. The first kappa shape index (κ1) is 19.2. The second-order valence-corrected chi connectivity index (χ2v) is 9.08. The smallest absolute Gasteiger partial charge is 0.0638 e. The molecular formula is C32H24N2. The maximum atomic E-state index is 2.50. The summed E-state index contributed by atoms with van der Waals surface area (Å²) in [6, 6.07) is 32.9. The third-order valence-electron chi connectivity index (χ3n) is 6.99. The van der Waals surface area contributed by atoms with Gasteiger partial charge in [-0.3, -0.25) is 0 Å². The first-order valence-electron chi connectivity index (χ1n) is 11.9. The Balaban J connectivity index is 1.73. The van der Waals surface area contributed by atoms with Crippen LogP contribution in [0, 0.1) is 0 Å². The highest BCUT2D eigenvalue weighted by Crippen LogP contribution is 2.42. The molecule has 0 aliphatic heterocycles. The molecule has 2 aromatic heterocycles. The summed E-state index contributed by atoms with van der Waals surface area (Å²) in [6.07, 6.45) is 9.86. The Bertz CT molecular complexity index is 1820. The van der Waals surface area contributed by atoms with Gasteiger partial charge in [0.1, 0.15) is 0 Å². The van der Waals surface area contributed by atoms with E-state index in [0.29, 0.717) is 0 Å². The SMILES string of the molecule is CC1=CC=CCC(n2c3ccccc3c3ccc4c(c5ccccc5n4-c4ccccc4)c32)=C1. The summed E-state index contributed by atoms with van der Waals surface area (Å²) in [7, 11) is 0. The molecule has 4 aromatic carbocycles. The molecule has 0 saturated heterocycles. The van der Waals surface area contributed by atoms with Gasteiger partial charge in [0, 0.05) is 39.4 Å². The molecule has 34 heavy (non-hydrogen) atoms. The number of para-hydroxylation sites is 3. The fourth-order valence-corrected chi connectivity index (χ4v) is 5.60. The number of hydrogen-bond acceptors (Lipinski definition) is 0. The molecule has 2 heterocycles. The number of benzene rings is 4. The maximum absolute atomic E-state index is 2.50. The van der Waals surface area contributed by atoms with Gasteiger partial charge in [-0.1, -0.05) is 78.9 Å². The quantitative estimate of drug-likeness (QED) is 0.257. The summed E-state index contributed by atoms with van der Waals surface area (Å²) in [5.41, 5.74) is 8.78. The molecule has 2 nitrogen and oxygen atoms in total. The van der Waals surface area contributed by atoms with Crippen LogP contribution in [0.1, 0.15) is 13.3 Å². The van der Waals surface area contributed by atoms with Gasteiger partial charge < -0.3 is 9.13 Å². The fraction of sp³-hybridized carbons (Fsp3) is 0.0625. The Morgan fingerprint density at radius 2 is 1.32 bits per heavy atom. The van der Waals surface area contributed by atoms with Crippen LogP contribution in [0.2, 0.25) is 0 Å². The lowest BCUT2D eigenvalue weighted by Gasteiger charge is -2.12. The van der Waals surface area contributed by atoms with E-state index in [-0.39, 0.29) is 0 Å². The predicted octanol–water partition coefficient (Wildman–Crippen LogP) is 8.64. The molecule has 0 N–H and O–H groups in total. The van der Waals surface area contributed by atoms with Gasteiger partial charge in [0.15, 0.2) is 0 Å². The average molecular weight is 437 g/mol. The van der Waals surface area contributed by atoms with Crippen molar-refractivity contribution in [2.24, 2.45) is 0 Å². The Morgan fingerprint density at radius 1 is 0.618 bits per heavy atom. The number of hydrogen-bond donors (Lipinski definition) is 0. The van der Waals surface area contributed by atoms with Gasteiger partial charge >= 0.3 is 0 Å². The molecule has 0 bridgehead atoms. The standard InChI is InChI=1S/C32H24N2/c1-22-11-5-6-14-24(21-22)34-28-17-9-7-15-25(28)26-19-20-30-31(32(26)34)27-16-8-10-18-29(27)33(30)23-12-3-2-4-13-23/h2-13,15-21H,14H2,1H3. The van der Waals surface area contributed by atoms with Gasteiger partial charge in [-0.2, -0.15) is 0 Å². The lowest BCUT2D eigenvalue weighted by molar-refractivity contribution is 1.14. The first-order valence-corrected chi connectivity index (χ1v) is 11.9. The van der Waals surface area contributed by atoms with Crippen LogP contribution in [0.15, 0.2) is 121 Å². The minimum Gasteiger partial charge on any atom is -0.312 e. The summed E-state index contributed by atoms with van der Waals surface area (Å²) in [6.45, 7) is 2.18. The summed E-state index contributed by atoms with van der Waals surface area (Å²) in [5, 5.41) is 5.19. The van der Waals surface area contributed by atoms with Crippen LogP contribution in [-0.2, 0) is 0 Å². The van der Waals surface area contributed by atoms with Crippen molar-refractivity contribution >= 4 is 49.3 Å². The van der Waals surface area contributed by atoms with E-state index >= 15 is 0 Å². The van der Waals surface area contributed by atoms with Gasteiger partial charge in [-0.05, 0) is 48.9 Å². The van der Waals surface area contributed by atoms with Crippen molar-refractivity contribution in [2.45, 2.75) is 13.3 Å². The van der Waals surface area contributed by atoms with Crippen LogP contribution in [0.3, 0.4) is 0 Å². The van der Waals surface area contributed by atoms with E-state index in [1.807, 2.05) is 0 Å². The van der Waals surface area contributed by atoms with Crippen molar-refractivity contribution in [3.63, 3.8) is 0 Å². The molecule has 0 saturated carbocycles. The van der Waals surface area contributed by atoms with Gasteiger partial charge in [-0.25, -0.2) is 0 Å². The highest BCUT2D eigenvalue weighted by Gasteiger charge is 2.21. The van der Waals surface area contributed by atoms with Crippen molar-refractivity contribution in [2.75, 3.05) is 0 Å². The van der Waals surface area contributed by atoms with Crippen LogP contribution in [0.5, 0.6) is 0 Å². The third kappa shape index (κ3) is 2.69. The molecule has 0 amide bonds. The molecule has 2 heteroatoms. The minimum atomic E-state index is 0.898. The predicted molar refractivity (Wildman–Crippen MR) is 146 cm³/mol. The van der Waals surface area contributed by atoms with Crippen molar-refractivity contribution in [1.29, 1.82) is 0 Å². The van der Waals surface area contributed by atoms with Gasteiger partial charge in [0.2, 0.25) is 0 Å². The molecule has 0 fully saturated rings. The normalized spacial score (nSPS) is 14.1. The molecule has 0 unspecified atom stereocenters. The van der Waals surface area contributed by atoms with Crippen LogP contribution in [-0.4, -0.2) is 9.13 Å². The number of aromatic nitrogens is 2. The summed E-state index contributed by atoms with van der Waals surface area (Å²) < 4.78 is 4.90. The van der Waals surface area contributed by atoms with Gasteiger partial charge in [0.05, 0.1) is 22.1 Å². The highest BCUT2D eigenvalue weighted by molar-refractivity contribution is 6.26. The number of fused-ring (bicyclic) bond motifs is 7. The molecule has 7 rings (SSSR count). The van der Waals surface area contributed by atoms with Crippen LogP contribution in [0.4, 0.5) is 0 Å². The Labute approximate surface area is 198 Å². The maximum Gasteiger partial charge on any atom is 0.0638 e. The second-order valence-electron chi connectivity index (χ2n) is 9.08. The number of allylic oxidation sites excluding steroid dienone is 6. The van der Waals surface area contributed by atoms with Gasteiger partial charge in [0.25, 0.3) is 0 Å². The molecule has 1 aliphatic rings. The third-order valence-corrected chi connectivity index (χ3v) is 6.99. The van der Waals surface area contributed by atoms with Crippen molar-refractivity contribution in [3.8, 4) is 5.69 Å². The summed E-state index contributed by atoms with van der Waals surface area (Å²) in [5.74, 6) is 0. The van der Waals surface area contributed by atoms with Crippen LogP contribution < -0.4 is 0 Å². The van der Waals surface area contributed by atoms with Crippen LogP contribution in [0.25, 0.3) is 55.0 Å². The topological polar surface area (TPSA) is 9.86 Å². The van der Waals surface area contributed by atoms with E-state index < -0.39 is 0 Å². The molecule has 6 aromatic rings. The minimum absolute atomic E-state index is 0.898. The Hall–Kier alpha value is -4.30. The van der Waals surface area contributed by atoms with Crippen molar-refractivity contribution in [3.05, 3.63) is 121 Å². The molecular weight excluding hydrogens is 412 g/mol. The zero-order valence-electron chi connectivity index (χ0n) is 19.1. The van der Waals surface area contributed by atoms with Crippen molar-refractivity contribution < 1.29 is 0 Å². The van der Waals surface area contributed by atoms with Gasteiger partial charge in [-0.15, -0.1) is 0 Å².